The topological polar surface area (TPSA) is 237 Å². The van der Waals surface area contributed by atoms with Crippen LogP contribution in [-0.2, 0) is 65.4 Å². The van der Waals surface area contributed by atoms with E-state index in [1.165, 1.54) is 238 Å². The summed E-state index contributed by atoms with van der Waals surface area (Å²) in [5, 5.41) is 10.6. The lowest BCUT2D eigenvalue weighted by Gasteiger charge is -2.21. The molecular weight excluding hydrogens is 1290 g/mol. The van der Waals surface area contributed by atoms with Gasteiger partial charge in [-0.25, -0.2) is 9.13 Å². The van der Waals surface area contributed by atoms with Crippen LogP contribution in [0, 0.1) is 11.8 Å². The molecule has 3 N–H and O–H groups in total. The maximum atomic E-state index is 13.1. The molecule has 0 radical (unpaired) electrons. The first-order valence-corrected chi connectivity index (χ1v) is 44.5. The number of carbonyl (C=O) groups is 4. The molecule has 0 aliphatic rings. The lowest BCUT2D eigenvalue weighted by molar-refractivity contribution is -0.161. The minimum absolute atomic E-state index is 0.106. The van der Waals surface area contributed by atoms with Crippen LogP contribution < -0.4 is 0 Å². The minimum atomic E-state index is -4.96. The highest BCUT2D eigenvalue weighted by molar-refractivity contribution is 7.47. The number of aliphatic hydroxyl groups is 1. The van der Waals surface area contributed by atoms with Gasteiger partial charge in [-0.2, -0.15) is 0 Å². The van der Waals surface area contributed by atoms with Gasteiger partial charge in [-0.1, -0.05) is 369 Å². The lowest BCUT2D eigenvalue weighted by atomic mass is 10.0. The fourth-order valence-corrected chi connectivity index (χ4v) is 13.9. The maximum absolute atomic E-state index is 13.1. The second kappa shape index (κ2) is 71.7. The number of carbonyl (C=O) groups excluding carboxylic acids is 4. The molecule has 0 aromatic carbocycles. The average molecular weight is 1450 g/mol. The van der Waals surface area contributed by atoms with Crippen LogP contribution in [0.4, 0.5) is 0 Å². The van der Waals surface area contributed by atoms with Crippen LogP contribution in [0.5, 0.6) is 0 Å². The summed E-state index contributed by atoms with van der Waals surface area (Å²) in [7, 11) is -9.92. The summed E-state index contributed by atoms with van der Waals surface area (Å²) in [6, 6.07) is 0. The maximum Gasteiger partial charge on any atom is 0.472 e. The van der Waals surface area contributed by atoms with Gasteiger partial charge >= 0.3 is 39.5 Å². The fourth-order valence-electron chi connectivity index (χ4n) is 12.4. The van der Waals surface area contributed by atoms with Gasteiger partial charge in [-0.05, 0) is 37.5 Å². The van der Waals surface area contributed by atoms with E-state index in [4.69, 9.17) is 37.0 Å². The van der Waals surface area contributed by atoms with Crippen LogP contribution >= 0.6 is 15.6 Å². The van der Waals surface area contributed by atoms with Gasteiger partial charge < -0.3 is 33.8 Å². The Morgan fingerprint density at radius 2 is 0.465 bits per heavy atom. The van der Waals surface area contributed by atoms with Crippen molar-refractivity contribution in [1.82, 2.24) is 0 Å². The number of esters is 4. The molecule has 19 heteroatoms. The predicted molar refractivity (Wildman–Crippen MR) is 405 cm³/mol. The number of unbranched alkanes of at least 4 members (excludes halogenated alkanes) is 49. The van der Waals surface area contributed by atoms with E-state index in [1.807, 2.05) is 0 Å². The number of phosphoric ester groups is 2. The van der Waals surface area contributed by atoms with Gasteiger partial charge in [0.2, 0.25) is 0 Å². The zero-order valence-electron chi connectivity index (χ0n) is 64.8. The molecule has 17 nitrogen and oxygen atoms in total. The van der Waals surface area contributed by atoms with Crippen LogP contribution in [0.25, 0.3) is 0 Å². The molecule has 99 heavy (non-hydrogen) atoms. The molecule has 0 heterocycles. The SMILES string of the molecule is CCCCCCCCCCCCCCCCCC(=O)OC[C@H](COP(=O)(O)OC[C@@H](O)COP(=O)(O)OC[C@@H](COC(=O)CCCCCCCCCCCCC)OC(=O)CCCCCCCCCCCC(C)C)OC(=O)CCCCCCCCCCCCCCCCCCCCC(C)C. The molecule has 0 saturated carbocycles. The molecule has 588 valence electrons. The van der Waals surface area contributed by atoms with Gasteiger partial charge in [-0.3, -0.25) is 37.3 Å². The number of phosphoric acid groups is 2. The molecule has 2 unspecified atom stereocenters. The van der Waals surface area contributed by atoms with Gasteiger partial charge in [0.15, 0.2) is 12.2 Å². The van der Waals surface area contributed by atoms with Crippen molar-refractivity contribution in [3.63, 3.8) is 0 Å². The standard InChI is InChI=1S/C80H156O17P2/c1-7-9-11-13-15-17-19-20-25-29-33-39-45-51-57-63-78(83)91-68-75(96-79(84)64-58-52-46-40-34-30-27-24-22-21-23-26-28-32-36-42-48-54-60-72(3)4)70-94-98(86,87)92-66-74(81)67-93-99(88,89)95-71-76(69-90-77(82)62-56-50-44-38-31-18-16-14-12-10-8-2)97-80(85)65-59-53-47-41-35-37-43-49-55-61-73(5)6/h72-76,81H,7-71H2,1-6H3,(H,86,87)(H,88,89)/t74-,75-,76-/m1/s1. The van der Waals surface area contributed by atoms with Crippen molar-refractivity contribution in [3.8, 4) is 0 Å². The highest BCUT2D eigenvalue weighted by atomic mass is 31.2. The number of hydrogen-bond acceptors (Lipinski definition) is 15. The summed E-state index contributed by atoms with van der Waals surface area (Å²) in [5.41, 5.74) is 0. The summed E-state index contributed by atoms with van der Waals surface area (Å²) < 4.78 is 68.7. The highest BCUT2D eigenvalue weighted by Gasteiger charge is 2.30. The summed E-state index contributed by atoms with van der Waals surface area (Å²) in [6.45, 7) is 9.64. The third-order valence-corrected chi connectivity index (χ3v) is 20.6. The molecule has 0 amide bonds. The number of hydrogen-bond donors (Lipinski definition) is 3. The molecule has 0 rings (SSSR count). The van der Waals surface area contributed by atoms with Gasteiger partial charge in [0.05, 0.1) is 26.4 Å². The zero-order chi connectivity index (χ0) is 72.8. The number of ether oxygens (including phenoxy) is 4. The quantitative estimate of drug-likeness (QED) is 0.0222. The second-order valence-electron chi connectivity index (χ2n) is 29.8. The van der Waals surface area contributed by atoms with Gasteiger partial charge in [0.1, 0.15) is 19.3 Å². The Balaban J connectivity index is 5.22. The third-order valence-electron chi connectivity index (χ3n) is 18.7. The van der Waals surface area contributed by atoms with Crippen molar-refractivity contribution < 1.29 is 80.2 Å². The van der Waals surface area contributed by atoms with Crippen molar-refractivity contribution >= 4 is 39.5 Å². The minimum Gasteiger partial charge on any atom is -0.462 e. The first kappa shape index (κ1) is 97.1. The van der Waals surface area contributed by atoms with E-state index in [0.29, 0.717) is 25.7 Å². The second-order valence-corrected chi connectivity index (χ2v) is 32.7. The number of rotatable bonds is 79. The van der Waals surface area contributed by atoms with Crippen molar-refractivity contribution in [2.45, 2.75) is 439 Å². The Morgan fingerprint density at radius 3 is 0.687 bits per heavy atom. The van der Waals surface area contributed by atoms with Crippen molar-refractivity contribution in [2.75, 3.05) is 39.6 Å². The molecular formula is C80H156O17P2. The largest absolute Gasteiger partial charge is 0.472 e. The zero-order valence-corrected chi connectivity index (χ0v) is 66.6. The summed E-state index contributed by atoms with van der Waals surface area (Å²) in [4.78, 5) is 73.0. The monoisotopic (exact) mass is 1450 g/mol. The Kier molecular flexibility index (Phi) is 70.3. The molecule has 0 bridgehead atoms. The molecule has 0 aliphatic heterocycles. The first-order valence-electron chi connectivity index (χ1n) is 41.5. The van der Waals surface area contributed by atoms with E-state index in [1.54, 1.807) is 0 Å². The van der Waals surface area contributed by atoms with E-state index in [0.717, 1.165) is 102 Å². The van der Waals surface area contributed by atoms with E-state index in [-0.39, 0.29) is 25.7 Å². The molecule has 0 fully saturated rings. The normalized spacial score (nSPS) is 13.9. The third kappa shape index (κ3) is 74.1. The van der Waals surface area contributed by atoms with Gasteiger partial charge in [-0.15, -0.1) is 0 Å². The van der Waals surface area contributed by atoms with Crippen molar-refractivity contribution in [1.29, 1.82) is 0 Å². The Bertz CT molecular complexity index is 1910. The molecule has 0 aliphatic carbocycles. The Morgan fingerprint density at radius 1 is 0.273 bits per heavy atom. The fraction of sp³-hybridized carbons (Fsp3) is 0.950. The van der Waals surface area contributed by atoms with E-state index >= 15 is 0 Å². The predicted octanol–water partition coefficient (Wildman–Crippen LogP) is 23.9. The number of aliphatic hydroxyl groups excluding tert-OH is 1. The van der Waals surface area contributed by atoms with Crippen LogP contribution in [0.1, 0.15) is 420 Å². The molecule has 0 saturated heterocycles. The summed E-state index contributed by atoms with van der Waals surface area (Å²) >= 11 is 0. The molecule has 5 atom stereocenters. The van der Waals surface area contributed by atoms with E-state index < -0.39 is 97.5 Å². The molecule has 0 aromatic heterocycles. The van der Waals surface area contributed by atoms with Crippen molar-refractivity contribution in [2.24, 2.45) is 11.8 Å². The summed E-state index contributed by atoms with van der Waals surface area (Å²) in [5.74, 6) is -0.553. The van der Waals surface area contributed by atoms with E-state index in [9.17, 15) is 43.2 Å². The molecule has 0 spiro atoms. The van der Waals surface area contributed by atoms with Crippen LogP contribution in [-0.4, -0.2) is 96.7 Å². The first-order chi connectivity index (χ1) is 47.9. The Labute approximate surface area is 607 Å². The smallest absolute Gasteiger partial charge is 0.462 e. The summed E-state index contributed by atoms with van der Waals surface area (Å²) in [6.07, 6.45) is 61.0. The van der Waals surface area contributed by atoms with E-state index in [2.05, 4.69) is 41.5 Å². The Hall–Kier alpha value is -1.94. The van der Waals surface area contributed by atoms with Crippen LogP contribution in [0.3, 0.4) is 0 Å². The van der Waals surface area contributed by atoms with Crippen LogP contribution in [0.15, 0.2) is 0 Å². The average Bonchev–Trinajstić information content (AvgIpc) is 1.09. The highest BCUT2D eigenvalue weighted by Crippen LogP contribution is 2.45. The molecule has 0 aromatic rings. The van der Waals surface area contributed by atoms with Crippen LogP contribution in [0.2, 0.25) is 0 Å². The van der Waals surface area contributed by atoms with Crippen molar-refractivity contribution in [3.05, 3.63) is 0 Å². The lowest BCUT2D eigenvalue weighted by Crippen LogP contribution is -2.30. The van der Waals surface area contributed by atoms with Gasteiger partial charge in [0, 0.05) is 25.7 Å². The van der Waals surface area contributed by atoms with Gasteiger partial charge in [0.25, 0.3) is 0 Å².